The Balaban J connectivity index is 1.76. The van der Waals surface area contributed by atoms with Crippen LogP contribution in [0.5, 0.6) is 0 Å². The van der Waals surface area contributed by atoms with E-state index in [0.717, 1.165) is 42.0 Å². The van der Waals surface area contributed by atoms with Crippen LogP contribution in [0.15, 0.2) is 47.4 Å². The lowest BCUT2D eigenvalue weighted by Crippen LogP contribution is -2.21. The SMILES string of the molecule is CCC1Cc2nc3cc(C#Cc4ccccn4)ccc3c(=O)n2C1. The van der Waals surface area contributed by atoms with Gasteiger partial charge in [-0.05, 0) is 42.2 Å². The van der Waals surface area contributed by atoms with Gasteiger partial charge in [-0.2, -0.15) is 0 Å². The lowest BCUT2D eigenvalue weighted by atomic mass is 10.1. The van der Waals surface area contributed by atoms with Crippen LogP contribution in [0.25, 0.3) is 10.9 Å². The maximum atomic E-state index is 12.6. The molecule has 1 unspecified atom stereocenters. The molecule has 24 heavy (non-hydrogen) atoms. The summed E-state index contributed by atoms with van der Waals surface area (Å²) in [5, 5.41) is 0.666. The molecule has 3 heterocycles. The van der Waals surface area contributed by atoms with Crippen molar-refractivity contribution in [3.05, 3.63) is 70.0 Å². The van der Waals surface area contributed by atoms with Gasteiger partial charge < -0.3 is 0 Å². The van der Waals surface area contributed by atoms with Gasteiger partial charge in [-0.15, -0.1) is 0 Å². The number of fused-ring (bicyclic) bond motifs is 2. The number of rotatable bonds is 1. The van der Waals surface area contributed by atoms with Gasteiger partial charge in [0.2, 0.25) is 0 Å². The van der Waals surface area contributed by atoms with Crippen LogP contribution in [0.4, 0.5) is 0 Å². The first-order valence-electron chi connectivity index (χ1n) is 8.21. The molecule has 0 saturated carbocycles. The summed E-state index contributed by atoms with van der Waals surface area (Å²) in [6, 6.07) is 11.2. The van der Waals surface area contributed by atoms with Crippen LogP contribution in [0.2, 0.25) is 0 Å². The number of hydrogen-bond acceptors (Lipinski definition) is 3. The van der Waals surface area contributed by atoms with Crippen molar-refractivity contribution in [1.29, 1.82) is 0 Å². The summed E-state index contributed by atoms with van der Waals surface area (Å²) in [5.74, 6) is 7.55. The van der Waals surface area contributed by atoms with Gasteiger partial charge >= 0.3 is 0 Å². The molecule has 1 atom stereocenters. The zero-order chi connectivity index (χ0) is 16.5. The molecule has 2 aromatic heterocycles. The van der Waals surface area contributed by atoms with Crippen LogP contribution in [-0.2, 0) is 13.0 Å². The Labute approximate surface area is 140 Å². The van der Waals surface area contributed by atoms with Crippen LogP contribution in [0, 0.1) is 17.8 Å². The van der Waals surface area contributed by atoms with E-state index in [0.29, 0.717) is 11.3 Å². The molecule has 0 saturated heterocycles. The molecule has 1 aliphatic heterocycles. The molecule has 118 valence electrons. The van der Waals surface area contributed by atoms with E-state index in [-0.39, 0.29) is 5.56 Å². The zero-order valence-corrected chi connectivity index (χ0v) is 13.5. The highest BCUT2D eigenvalue weighted by Crippen LogP contribution is 2.22. The van der Waals surface area contributed by atoms with Crippen LogP contribution < -0.4 is 5.56 Å². The Morgan fingerprint density at radius 2 is 2.17 bits per heavy atom. The molecular formula is C20H17N3O. The summed E-state index contributed by atoms with van der Waals surface area (Å²) < 4.78 is 1.83. The molecule has 4 rings (SSSR count). The molecule has 0 spiro atoms. The molecule has 0 aliphatic carbocycles. The first kappa shape index (κ1) is 14.6. The van der Waals surface area contributed by atoms with E-state index >= 15 is 0 Å². The fraction of sp³-hybridized carbons (Fsp3) is 0.250. The van der Waals surface area contributed by atoms with Gasteiger partial charge in [-0.25, -0.2) is 9.97 Å². The second-order valence-electron chi connectivity index (χ2n) is 6.12. The normalized spacial score (nSPS) is 15.8. The van der Waals surface area contributed by atoms with E-state index in [9.17, 15) is 4.79 Å². The lowest BCUT2D eigenvalue weighted by Gasteiger charge is -2.05. The van der Waals surface area contributed by atoms with Gasteiger partial charge in [-0.1, -0.05) is 25.3 Å². The second-order valence-corrected chi connectivity index (χ2v) is 6.12. The van der Waals surface area contributed by atoms with Crippen molar-refractivity contribution in [2.24, 2.45) is 5.92 Å². The minimum Gasteiger partial charge on any atom is -0.296 e. The summed E-state index contributed by atoms with van der Waals surface area (Å²) in [5.41, 5.74) is 2.37. The third-order valence-corrected chi connectivity index (χ3v) is 4.52. The minimum absolute atomic E-state index is 0.0650. The van der Waals surface area contributed by atoms with Crippen molar-refractivity contribution in [2.45, 2.75) is 26.3 Å². The van der Waals surface area contributed by atoms with E-state index in [1.54, 1.807) is 6.20 Å². The monoisotopic (exact) mass is 315 g/mol. The predicted octanol–water partition coefficient (Wildman–Crippen LogP) is 2.77. The Morgan fingerprint density at radius 3 is 2.96 bits per heavy atom. The van der Waals surface area contributed by atoms with E-state index < -0.39 is 0 Å². The number of aromatic nitrogens is 3. The standard InChI is InChI=1S/C20H17N3O/c1-2-14-12-19-22-18-11-15(6-8-16-5-3-4-10-21-16)7-9-17(18)20(24)23(19)13-14/h3-5,7,9-11,14H,2,12-13H2,1H3. The maximum absolute atomic E-state index is 12.6. The summed E-state index contributed by atoms with van der Waals surface area (Å²) in [6.45, 7) is 2.95. The number of benzene rings is 1. The third kappa shape index (κ3) is 2.59. The van der Waals surface area contributed by atoms with Gasteiger partial charge in [0.25, 0.3) is 5.56 Å². The predicted molar refractivity (Wildman–Crippen MR) is 93.7 cm³/mol. The van der Waals surface area contributed by atoms with Crippen LogP contribution >= 0.6 is 0 Å². The van der Waals surface area contributed by atoms with Crippen LogP contribution in [-0.4, -0.2) is 14.5 Å². The van der Waals surface area contributed by atoms with Crippen molar-refractivity contribution < 1.29 is 0 Å². The molecule has 0 radical (unpaired) electrons. The van der Waals surface area contributed by atoms with E-state index in [2.05, 4.69) is 23.7 Å². The van der Waals surface area contributed by atoms with Crippen molar-refractivity contribution in [2.75, 3.05) is 0 Å². The van der Waals surface area contributed by atoms with E-state index in [4.69, 9.17) is 4.98 Å². The van der Waals surface area contributed by atoms with Crippen molar-refractivity contribution in [3.8, 4) is 11.8 Å². The average molecular weight is 315 g/mol. The highest BCUT2D eigenvalue weighted by Gasteiger charge is 2.23. The number of hydrogen-bond donors (Lipinski definition) is 0. The topological polar surface area (TPSA) is 47.8 Å². The first-order chi connectivity index (χ1) is 11.7. The Bertz CT molecular complexity index is 1030. The molecule has 1 aliphatic rings. The van der Waals surface area contributed by atoms with E-state index in [1.165, 1.54) is 0 Å². The van der Waals surface area contributed by atoms with Gasteiger partial charge in [0.05, 0.1) is 10.9 Å². The summed E-state index contributed by atoms with van der Waals surface area (Å²) in [7, 11) is 0. The van der Waals surface area contributed by atoms with Gasteiger partial charge in [0.15, 0.2) is 0 Å². The Hall–Kier alpha value is -2.93. The van der Waals surface area contributed by atoms with Crippen LogP contribution in [0.3, 0.4) is 0 Å². The number of nitrogens with zero attached hydrogens (tertiary/aromatic N) is 3. The Kier molecular flexibility index (Phi) is 3.62. The maximum Gasteiger partial charge on any atom is 0.261 e. The summed E-state index contributed by atoms with van der Waals surface area (Å²) >= 11 is 0. The minimum atomic E-state index is 0.0650. The van der Waals surface area contributed by atoms with Crippen molar-refractivity contribution in [3.63, 3.8) is 0 Å². The molecule has 3 aromatic rings. The smallest absolute Gasteiger partial charge is 0.261 e. The lowest BCUT2D eigenvalue weighted by molar-refractivity contribution is 0.494. The molecule has 1 aromatic carbocycles. The fourth-order valence-corrected chi connectivity index (χ4v) is 3.12. The van der Waals surface area contributed by atoms with Crippen LogP contribution in [0.1, 0.15) is 30.4 Å². The van der Waals surface area contributed by atoms with Gasteiger partial charge in [0, 0.05) is 24.7 Å². The molecule has 4 nitrogen and oxygen atoms in total. The number of pyridine rings is 1. The first-order valence-corrected chi connectivity index (χ1v) is 8.21. The average Bonchev–Trinajstić information content (AvgIpc) is 3.04. The molecule has 0 fully saturated rings. The fourth-order valence-electron chi connectivity index (χ4n) is 3.12. The molecular weight excluding hydrogens is 298 g/mol. The quantitative estimate of drug-likeness (QED) is 0.649. The molecule has 0 bridgehead atoms. The highest BCUT2D eigenvalue weighted by atomic mass is 16.1. The van der Waals surface area contributed by atoms with Gasteiger partial charge in [0.1, 0.15) is 11.5 Å². The Morgan fingerprint density at radius 1 is 1.25 bits per heavy atom. The molecule has 0 N–H and O–H groups in total. The van der Waals surface area contributed by atoms with Crippen molar-refractivity contribution in [1.82, 2.24) is 14.5 Å². The molecule has 4 heteroatoms. The molecule has 0 amide bonds. The highest BCUT2D eigenvalue weighted by molar-refractivity contribution is 5.79. The zero-order valence-electron chi connectivity index (χ0n) is 13.5. The second kappa shape index (κ2) is 5.93. The summed E-state index contributed by atoms with van der Waals surface area (Å²) in [4.78, 5) is 21.6. The largest absolute Gasteiger partial charge is 0.296 e. The van der Waals surface area contributed by atoms with Gasteiger partial charge in [-0.3, -0.25) is 9.36 Å². The van der Waals surface area contributed by atoms with E-state index in [1.807, 2.05) is 41.0 Å². The third-order valence-electron chi connectivity index (χ3n) is 4.52. The summed E-state index contributed by atoms with van der Waals surface area (Å²) in [6.07, 6.45) is 3.67. The van der Waals surface area contributed by atoms with Crippen molar-refractivity contribution >= 4 is 10.9 Å².